The number of carbonyl (C=O) groups excluding carboxylic acids is 3. The van der Waals surface area contributed by atoms with Crippen LogP contribution in [0.3, 0.4) is 0 Å². The molecule has 1 aliphatic rings. The van der Waals surface area contributed by atoms with Gasteiger partial charge in [0.15, 0.2) is 5.96 Å². The highest BCUT2D eigenvalue weighted by atomic mass is 16.4. The predicted molar refractivity (Wildman–Crippen MR) is 128 cm³/mol. The summed E-state index contributed by atoms with van der Waals surface area (Å²) in [6.45, 7) is 7.93. The standard InChI is InChI=1S/C22H41N7O5/c1-5-13(4)17(28-18(30)14(23)8-6-10-26-22(24)25)19(31)27-16(12(2)3)20(32)29-11-7-9-15(29)21(33)34/h12-17H,5-11,23H2,1-4H3,(H,27,31)(H,28,30)(H,33,34)(H4,24,25,26). The third-order valence-corrected chi connectivity index (χ3v) is 6.15. The minimum Gasteiger partial charge on any atom is -0.480 e. The number of nitrogens with zero attached hydrogens (tertiary/aromatic N) is 2. The number of rotatable bonds is 13. The van der Waals surface area contributed by atoms with Gasteiger partial charge in [0.2, 0.25) is 17.7 Å². The maximum atomic E-state index is 13.2. The molecule has 1 rings (SSSR count). The lowest BCUT2D eigenvalue weighted by Gasteiger charge is -2.32. The first-order valence-corrected chi connectivity index (χ1v) is 11.9. The fourth-order valence-electron chi connectivity index (χ4n) is 3.84. The first-order valence-electron chi connectivity index (χ1n) is 11.9. The van der Waals surface area contributed by atoms with Gasteiger partial charge in [-0.25, -0.2) is 4.79 Å². The highest BCUT2D eigenvalue weighted by Gasteiger charge is 2.39. The van der Waals surface area contributed by atoms with E-state index >= 15 is 0 Å². The van der Waals surface area contributed by atoms with E-state index in [0.717, 1.165) is 0 Å². The van der Waals surface area contributed by atoms with E-state index in [-0.39, 0.29) is 17.8 Å². The molecule has 5 atom stereocenters. The fraction of sp³-hybridized carbons (Fsp3) is 0.773. The lowest BCUT2D eigenvalue weighted by molar-refractivity contribution is -0.150. The van der Waals surface area contributed by atoms with Crippen LogP contribution >= 0.6 is 0 Å². The maximum absolute atomic E-state index is 13.2. The molecule has 0 aromatic rings. The normalized spacial score (nSPS) is 19.1. The van der Waals surface area contributed by atoms with E-state index in [1.54, 1.807) is 13.8 Å². The van der Waals surface area contributed by atoms with Crippen LogP contribution in [0, 0.1) is 11.8 Å². The summed E-state index contributed by atoms with van der Waals surface area (Å²) < 4.78 is 0. The quantitative estimate of drug-likeness (QED) is 0.110. The number of nitrogens with one attached hydrogen (secondary N) is 2. The molecule has 34 heavy (non-hydrogen) atoms. The van der Waals surface area contributed by atoms with Gasteiger partial charge >= 0.3 is 5.97 Å². The molecule has 9 N–H and O–H groups in total. The van der Waals surface area contributed by atoms with Gasteiger partial charge in [-0.05, 0) is 37.5 Å². The van der Waals surface area contributed by atoms with Gasteiger partial charge in [0.05, 0.1) is 6.04 Å². The van der Waals surface area contributed by atoms with Gasteiger partial charge in [-0.2, -0.15) is 0 Å². The molecule has 3 amide bonds. The molecule has 0 aromatic carbocycles. The monoisotopic (exact) mass is 483 g/mol. The van der Waals surface area contributed by atoms with E-state index in [1.807, 2.05) is 13.8 Å². The Kier molecular flexibility index (Phi) is 11.8. The van der Waals surface area contributed by atoms with Gasteiger partial charge in [0.25, 0.3) is 0 Å². The van der Waals surface area contributed by atoms with Crippen LogP contribution < -0.4 is 27.8 Å². The molecule has 0 aliphatic carbocycles. The molecule has 1 aliphatic heterocycles. The summed E-state index contributed by atoms with van der Waals surface area (Å²) in [6, 6.07) is -3.56. The summed E-state index contributed by atoms with van der Waals surface area (Å²) in [5.74, 6) is -3.02. The second-order valence-corrected chi connectivity index (χ2v) is 9.19. The molecule has 5 unspecified atom stereocenters. The van der Waals surface area contributed by atoms with Gasteiger partial charge in [-0.3, -0.25) is 19.4 Å². The Labute approximate surface area is 201 Å². The van der Waals surface area contributed by atoms with Crippen LogP contribution in [-0.2, 0) is 19.2 Å². The Morgan fingerprint density at radius 1 is 1.09 bits per heavy atom. The molecule has 1 fully saturated rings. The lowest BCUT2D eigenvalue weighted by Crippen LogP contribution is -2.59. The van der Waals surface area contributed by atoms with Crippen LogP contribution in [0.25, 0.3) is 0 Å². The Morgan fingerprint density at radius 2 is 1.71 bits per heavy atom. The van der Waals surface area contributed by atoms with Crippen LogP contribution in [0.5, 0.6) is 0 Å². The molecule has 12 nitrogen and oxygen atoms in total. The fourth-order valence-corrected chi connectivity index (χ4v) is 3.84. The van der Waals surface area contributed by atoms with E-state index in [4.69, 9.17) is 17.2 Å². The zero-order valence-electron chi connectivity index (χ0n) is 20.6. The highest BCUT2D eigenvalue weighted by Crippen LogP contribution is 2.21. The van der Waals surface area contributed by atoms with E-state index in [2.05, 4.69) is 15.6 Å². The SMILES string of the molecule is CCC(C)C(NC(=O)C(N)CCCN=C(N)N)C(=O)NC(C(=O)N1CCCC1C(=O)O)C(C)C. The van der Waals surface area contributed by atoms with Crippen molar-refractivity contribution in [2.45, 2.75) is 84.0 Å². The smallest absolute Gasteiger partial charge is 0.326 e. The summed E-state index contributed by atoms with van der Waals surface area (Å²) in [4.78, 5) is 55.7. The second kappa shape index (κ2) is 13.7. The van der Waals surface area contributed by atoms with Crippen molar-refractivity contribution in [2.75, 3.05) is 13.1 Å². The van der Waals surface area contributed by atoms with Crippen molar-refractivity contribution in [3.8, 4) is 0 Å². The topological polar surface area (TPSA) is 206 Å². The molecule has 0 bridgehead atoms. The molecule has 12 heteroatoms. The zero-order valence-corrected chi connectivity index (χ0v) is 20.6. The van der Waals surface area contributed by atoms with Crippen molar-refractivity contribution >= 4 is 29.7 Å². The summed E-state index contributed by atoms with van der Waals surface area (Å²) in [7, 11) is 0. The molecule has 0 saturated carbocycles. The number of aliphatic carboxylic acids is 1. The molecule has 0 radical (unpaired) electrons. The summed E-state index contributed by atoms with van der Waals surface area (Å²) in [5.41, 5.74) is 16.5. The summed E-state index contributed by atoms with van der Waals surface area (Å²) in [5, 5.41) is 14.9. The average Bonchev–Trinajstić information content (AvgIpc) is 3.27. The van der Waals surface area contributed by atoms with Crippen molar-refractivity contribution in [1.82, 2.24) is 15.5 Å². The molecule has 0 aromatic heterocycles. The number of aliphatic imine (C=N–C) groups is 1. The Hall–Kier alpha value is -2.89. The first kappa shape index (κ1) is 29.1. The average molecular weight is 484 g/mol. The first-order chi connectivity index (χ1) is 15.9. The number of hydrogen-bond acceptors (Lipinski definition) is 6. The van der Waals surface area contributed by atoms with E-state index in [0.29, 0.717) is 45.2 Å². The van der Waals surface area contributed by atoms with Gasteiger partial charge in [0.1, 0.15) is 18.1 Å². The summed E-state index contributed by atoms with van der Waals surface area (Å²) in [6.07, 6.45) is 2.40. The minimum absolute atomic E-state index is 0.0376. The third-order valence-electron chi connectivity index (χ3n) is 6.15. The molecular weight excluding hydrogens is 442 g/mol. The van der Waals surface area contributed by atoms with Crippen molar-refractivity contribution in [3.05, 3.63) is 0 Å². The molecular formula is C22H41N7O5. The van der Waals surface area contributed by atoms with Gasteiger partial charge in [-0.15, -0.1) is 0 Å². The molecule has 1 saturated heterocycles. The predicted octanol–water partition coefficient (Wildman–Crippen LogP) is -0.885. The van der Waals surface area contributed by atoms with Crippen molar-refractivity contribution < 1.29 is 24.3 Å². The van der Waals surface area contributed by atoms with E-state index in [1.165, 1.54) is 4.90 Å². The van der Waals surface area contributed by atoms with Crippen LogP contribution in [0.15, 0.2) is 4.99 Å². The van der Waals surface area contributed by atoms with Crippen LogP contribution in [-0.4, -0.2) is 76.9 Å². The number of hydrogen-bond donors (Lipinski definition) is 6. The number of guanidine groups is 1. The number of carboxylic acid groups (broad SMARTS) is 1. The highest BCUT2D eigenvalue weighted by molar-refractivity contribution is 5.94. The van der Waals surface area contributed by atoms with Crippen LogP contribution in [0.2, 0.25) is 0 Å². The van der Waals surface area contributed by atoms with Crippen molar-refractivity contribution in [2.24, 2.45) is 34.0 Å². The number of amides is 3. The Balaban J connectivity index is 2.89. The largest absolute Gasteiger partial charge is 0.480 e. The molecule has 194 valence electrons. The van der Waals surface area contributed by atoms with Gasteiger partial charge < -0.3 is 37.8 Å². The summed E-state index contributed by atoms with van der Waals surface area (Å²) >= 11 is 0. The van der Waals surface area contributed by atoms with Crippen LogP contribution in [0.4, 0.5) is 0 Å². The minimum atomic E-state index is -1.06. The van der Waals surface area contributed by atoms with E-state index in [9.17, 15) is 24.3 Å². The second-order valence-electron chi connectivity index (χ2n) is 9.19. The molecule has 1 heterocycles. The van der Waals surface area contributed by atoms with Crippen molar-refractivity contribution in [3.63, 3.8) is 0 Å². The number of nitrogens with two attached hydrogens (primary N) is 3. The number of likely N-dealkylation sites (tertiary alicyclic amines) is 1. The van der Waals surface area contributed by atoms with Gasteiger partial charge in [-0.1, -0.05) is 34.1 Å². The maximum Gasteiger partial charge on any atom is 0.326 e. The third kappa shape index (κ3) is 8.47. The van der Waals surface area contributed by atoms with Gasteiger partial charge in [0, 0.05) is 13.1 Å². The Morgan fingerprint density at radius 3 is 2.24 bits per heavy atom. The van der Waals surface area contributed by atoms with E-state index < -0.39 is 47.9 Å². The van der Waals surface area contributed by atoms with Crippen molar-refractivity contribution in [1.29, 1.82) is 0 Å². The number of carboxylic acids is 1. The molecule has 0 spiro atoms. The van der Waals surface area contributed by atoms with Crippen LogP contribution in [0.1, 0.15) is 59.8 Å². The zero-order chi connectivity index (χ0) is 26.0. The number of carbonyl (C=O) groups is 4. The Bertz CT molecular complexity index is 754. The lowest BCUT2D eigenvalue weighted by atomic mass is 9.95.